The first-order chi connectivity index (χ1) is 7.79. The molecular weight excluding hydrogens is 196 g/mol. The minimum atomic E-state index is 0.378. The Balaban J connectivity index is 2.03. The van der Waals surface area contributed by atoms with Crippen molar-refractivity contribution < 1.29 is 4.79 Å². The molecule has 0 N–H and O–H groups in total. The van der Waals surface area contributed by atoms with Gasteiger partial charge in [0.1, 0.15) is 5.78 Å². The second kappa shape index (κ2) is 3.72. The van der Waals surface area contributed by atoms with Crippen molar-refractivity contribution in [2.75, 3.05) is 0 Å². The van der Waals surface area contributed by atoms with Gasteiger partial charge in [0, 0.05) is 12.3 Å². The van der Waals surface area contributed by atoms with Gasteiger partial charge < -0.3 is 0 Å². The van der Waals surface area contributed by atoms with Crippen molar-refractivity contribution in [1.29, 1.82) is 0 Å². The lowest BCUT2D eigenvalue weighted by atomic mass is 9.54. The number of hydrogen-bond donors (Lipinski definition) is 0. The molecule has 1 nitrogen and oxygen atoms in total. The van der Waals surface area contributed by atoms with Crippen molar-refractivity contribution in [2.45, 2.75) is 51.9 Å². The molecule has 3 aliphatic carbocycles. The Morgan fingerprint density at radius 2 is 2.31 bits per heavy atom. The summed E-state index contributed by atoms with van der Waals surface area (Å²) in [6, 6.07) is 0. The van der Waals surface area contributed by atoms with E-state index in [1.165, 1.54) is 25.7 Å². The lowest BCUT2D eigenvalue weighted by Crippen LogP contribution is -2.47. The van der Waals surface area contributed by atoms with Crippen molar-refractivity contribution >= 4 is 5.78 Å². The summed E-state index contributed by atoms with van der Waals surface area (Å²) in [5.74, 6) is 2.49. The molecule has 0 aromatic heterocycles. The molecule has 0 saturated heterocycles. The monoisotopic (exact) mass is 218 g/mol. The number of Topliss-reactive ketones (excluding diaryl/α,β-unsaturated/α-hetero) is 1. The lowest BCUT2D eigenvalue weighted by Gasteiger charge is -2.49. The van der Waals surface area contributed by atoms with Crippen LogP contribution in [-0.4, -0.2) is 5.78 Å². The first-order valence-electron chi connectivity index (χ1n) is 6.98. The van der Waals surface area contributed by atoms with Crippen LogP contribution in [0.15, 0.2) is 12.2 Å². The van der Waals surface area contributed by atoms with Gasteiger partial charge in [-0.05, 0) is 49.4 Å². The largest absolute Gasteiger partial charge is 0.299 e. The third-order valence-corrected chi connectivity index (χ3v) is 5.58. The number of rotatable bonds is 1. The van der Waals surface area contributed by atoms with Gasteiger partial charge in [-0.1, -0.05) is 25.5 Å². The summed E-state index contributed by atoms with van der Waals surface area (Å²) in [5, 5.41) is 0. The molecule has 2 fully saturated rings. The number of carbonyl (C=O) groups excluding carboxylic acids is 1. The molecule has 0 amide bonds. The van der Waals surface area contributed by atoms with E-state index in [1.807, 2.05) is 0 Å². The molecule has 0 radical (unpaired) electrons. The minimum Gasteiger partial charge on any atom is -0.299 e. The number of ketones is 1. The normalized spacial score (nSPS) is 46.6. The van der Waals surface area contributed by atoms with E-state index in [-0.39, 0.29) is 0 Å². The molecule has 0 aliphatic heterocycles. The maximum absolute atomic E-state index is 12.2. The Kier molecular flexibility index (Phi) is 2.45. The maximum Gasteiger partial charge on any atom is 0.136 e. The predicted octanol–water partition coefficient (Wildman–Crippen LogP) is 3.74. The summed E-state index contributed by atoms with van der Waals surface area (Å²) < 4.78 is 0. The SMILES string of the molecule is CCC1CC[C@@H]2C=CC[C@@H]3C(=O)CCC[C@]132. The third-order valence-electron chi connectivity index (χ3n) is 5.58. The van der Waals surface area contributed by atoms with E-state index in [4.69, 9.17) is 0 Å². The quantitative estimate of drug-likeness (QED) is 0.613. The molecular formula is C15H22O. The van der Waals surface area contributed by atoms with E-state index in [9.17, 15) is 4.79 Å². The first kappa shape index (κ1) is 10.6. The van der Waals surface area contributed by atoms with Gasteiger partial charge in [0.25, 0.3) is 0 Å². The molecule has 4 atom stereocenters. The Morgan fingerprint density at radius 1 is 1.44 bits per heavy atom. The molecule has 1 heteroatoms. The van der Waals surface area contributed by atoms with Crippen LogP contribution in [0.5, 0.6) is 0 Å². The molecule has 1 spiro atoms. The number of allylic oxidation sites excluding steroid dienone is 2. The van der Waals surface area contributed by atoms with E-state index in [0.29, 0.717) is 17.1 Å². The van der Waals surface area contributed by atoms with Crippen molar-refractivity contribution in [3.63, 3.8) is 0 Å². The van der Waals surface area contributed by atoms with E-state index in [1.54, 1.807) is 0 Å². The van der Waals surface area contributed by atoms with Crippen LogP contribution in [0, 0.1) is 23.2 Å². The highest BCUT2D eigenvalue weighted by atomic mass is 16.1. The second-order valence-electron chi connectivity index (χ2n) is 5.94. The molecule has 0 aromatic rings. The highest BCUT2D eigenvalue weighted by Gasteiger charge is 2.56. The van der Waals surface area contributed by atoms with Gasteiger partial charge in [-0.25, -0.2) is 0 Å². The van der Waals surface area contributed by atoms with Gasteiger partial charge in [0.15, 0.2) is 0 Å². The molecule has 0 bridgehead atoms. The van der Waals surface area contributed by atoms with Crippen molar-refractivity contribution in [2.24, 2.45) is 23.2 Å². The van der Waals surface area contributed by atoms with Crippen LogP contribution < -0.4 is 0 Å². The fourth-order valence-electron chi connectivity index (χ4n) is 4.96. The van der Waals surface area contributed by atoms with E-state index < -0.39 is 0 Å². The van der Waals surface area contributed by atoms with Gasteiger partial charge in [-0.3, -0.25) is 4.79 Å². The molecule has 16 heavy (non-hydrogen) atoms. The number of carbonyl (C=O) groups is 1. The standard InChI is InChI=1S/C15H22O/c1-2-11-8-9-12-5-3-6-13-14(16)7-4-10-15(11,12)13/h3,5,11-13H,2,4,6-10H2,1H3/t11?,12-,13+,15+/m0/s1. The van der Waals surface area contributed by atoms with Crippen molar-refractivity contribution in [1.82, 2.24) is 0 Å². The summed E-state index contributed by atoms with van der Waals surface area (Å²) in [6.45, 7) is 2.32. The zero-order valence-electron chi connectivity index (χ0n) is 10.2. The van der Waals surface area contributed by atoms with Crippen LogP contribution in [0.25, 0.3) is 0 Å². The zero-order valence-corrected chi connectivity index (χ0v) is 10.2. The molecule has 0 aromatic carbocycles. The summed E-state index contributed by atoms with van der Waals surface area (Å²) in [6.07, 6.45) is 13.0. The highest BCUT2D eigenvalue weighted by molar-refractivity contribution is 5.83. The van der Waals surface area contributed by atoms with Crippen molar-refractivity contribution in [3.05, 3.63) is 12.2 Å². The average Bonchev–Trinajstić information content (AvgIpc) is 2.66. The lowest BCUT2D eigenvalue weighted by molar-refractivity contribution is -0.134. The number of hydrogen-bond acceptors (Lipinski definition) is 1. The Labute approximate surface area is 98.3 Å². The van der Waals surface area contributed by atoms with Gasteiger partial charge in [-0.2, -0.15) is 0 Å². The molecule has 3 aliphatic rings. The van der Waals surface area contributed by atoms with E-state index >= 15 is 0 Å². The average molecular weight is 218 g/mol. The van der Waals surface area contributed by atoms with Gasteiger partial charge >= 0.3 is 0 Å². The van der Waals surface area contributed by atoms with Crippen LogP contribution in [0.2, 0.25) is 0 Å². The van der Waals surface area contributed by atoms with Gasteiger partial charge in [-0.15, -0.1) is 0 Å². The van der Waals surface area contributed by atoms with Gasteiger partial charge in [0.2, 0.25) is 0 Å². The smallest absolute Gasteiger partial charge is 0.136 e. The van der Waals surface area contributed by atoms with Crippen LogP contribution in [0.1, 0.15) is 51.9 Å². The molecule has 0 heterocycles. The Bertz CT molecular complexity index is 330. The van der Waals surface area contributed by atoms with Crippen LogP contribution in [0.4, 0.5) is 0 Å². The third kappa shape index (κ3) is 1.20. The maximum atomic E-state index is 12.2. The summed E-state index contributed by atoms with van der Waals surface area (Å²) in [4.78, 5) is 12.2. The van der Waals surface area contributed by atoms with Gasteiger partial charge in [0.05, 0.1) is 0 Å². The molecule has 3 rings (SSSR count). The predicted molar refractivity (Wildman–Crippen MR) is 65.0 cm³/mol. The van der Waals surface area contributed by atoms with E-state index in [0.717, 1.165) is 31.1 Å². The molecule has 88 valence electrons. The first-order valence-corrected chi connectivity index (χ1v) is 6.98. The topological polar surface area (TPSA) is 17.1 Å². The van der Waals surface area contributed by atoms with Crippen LogP contribution in [-0.2, 0) is 4.79 Å². The minimum absolute atomic E-state index is 0.378. The summed E-state index contributed by atoms with van der Waals surface area (Å²) in [7, 11) is 0. The molecule has 2 saturated carbocycles. The fourth-order valence-corrected chi connectivity index (χ4v) is 4.96. The fraction of sp³-hybridized carbons (Fsp3) is 0.800. The summed E-state index contributed by atoms with van der Waals surface area (Å²) in [5.41, 5.74) is 0.388. The van der Waals surface area contributed by atoms with E-state index in [2.05, 4.69) is 19.1 Å². The van der Waals surface area contributed by atoms with Crippen molar-refractivity contribution in [3.8, 4) is 0 Å². The zero-order chi connectivity index (χ0) is 11.2. The highest BCUT2D eigenvalue weighted by Crippen LogP contribution is 2.62. The van der Waals surface area contributed by atoms with Crippen LogP contribution in [0.3, 0.4) is 0 Å². The Morgan fingerprint density at radius 3 is 3.12 bits per heavy atom. The second-order valence-corrected chi connectivity index (χ2v) is 5.94. The Hall–Kier alpha value is -0.590. The molecule has 1 unspecified atom stereocenters. The van der Waals surface area contributed by atoms with Crippen LogP contribution >= 0.6 is 0 Å². The summed E-state index contributed by atoms with van der Waals surface area (Å²) >= 11 is 0.